The van der Waals surface area contributed by atoms with E-state index >= 15 is 0 Å². The second-order valence-corrected chi connectivity index (χ2v) is 7.10. The van der Waals surface area contributed by atoms with Crippen LogP contribution in [-0.2, 0) is 16.9 Å². The first-order chi connectivity index (χ1) is 12.5. The third kappa shape index (κ3) is 2.54. The summed E-state index contributed by atoms with van der Waals surface area (Å²) >= 11 is 3.48. The van der Waals surface area contributed by atoms with Gasteiger partial charge >= 0.3 is 6.03 Å². The maximum absolute atomic E-state index is 13.2. The zero-order valence-corrected chi connectivity index (χ0v) is 15.7. The van der Waals surface area contributed by atoms with Crippen molar-refractivity contribution in [3.63, 3.8) is 0 Å². The lowest BCUT2D eigenvalue weighted by Crippen LogP contribution is -2.43. The van der Waals surface area contributed by atoms with Gasteiger partial charge in [-0.2, -0.15) is 0 Å². The van der Waals surface area contributed by atoms with E-state index in [1.165, 1.54) is 4.90 Å². The van der Waals surface area contributed by atoms with Crippen molar-refractivity contribution in [3.05, 3.63) is 58.1 Å². The molecule has 2 aromatic carbocycles. The van der Waals surface area contributed by atoms with E-state index in [-0.39, 0.29) is 19.2 Å². The predicted octanol–water partition coefficient (Wildman–Crippen LogP) is 3.54. The van der Waals surface area contributed by atoms with Gasteiger partial charge in [0.15, 0.2) is 11.5 Å². The zero-order chi connectivity index (χ0) is 18.3. The van der Waals surface area contributed by atoms with Crippen LogP contribution in [0.5, 0.6) is 11.5 Å². The fraction of sp³-hybridized carbons (Fsp3) is 0.263. The van der Waals surface area contributed by atoms with Crippen LogP contribution in [0.3, 0.4) is 0 Å². The molecular formula is C19H17BrN2O4. The Kier molecular flexibility index (Phi) is 4.11. The van der Waals surface area contributed by atoms with Crippen molar-refractivity contribution >= 4 is 27.9 Å². The largest absolute Gasteiger partial charge is 0.454 e. The Hall–Kier alpha value is -2.54. The van der Waals surface area contributed by atoms with Crippen molar-refractivity contribution in [3.8, 4) is 11.5 Å². The summed E-state index contributed by atoms with van der Waals surface area (Å²) in [5.41, 5.74) is 0.534. The topological polar surface area (TPSA) is 67.9 Å². The molecule has 7 heteroatoms. The second-order valence-electron chi connectivity index (χ2n) is 6.24. The molecule has 4 rings (SSSR count). The predicted molar refractivity (Wildman–Crippen MR) is 97.8 cm³/mol. The number of ether oxygens (including phenoxy) is 2. The van der Waals surface area contributed by atoms with Crippen molar-refractivity contribution in [1.29, 1.82) is 0 Å². The average molecular weight is 417 g/mol. The lowest BCUT2D eigenvalue weighted by Gasteiger charge is -2.25. The number of hydrogen-bond donors (Lipinski definition) is 1. The molecule has 1 fully saturated rings. The lowest BCUT2D eigenvalue weighted by atomic mass is 9.87. The van der Waals surface area contributed by atoms with Gasteiger partial charge in [-0.05, 0) is 29.7 Å². The molecule has 0 saturated carbocycles. The highest BCUT2D eigenvalue weighted by molar-refractivity contribution is 9.10. The number of nitrogens with zero attached hydrogens (tertiary/aromatic N) is 1. The number of rotatable bonds is 4. The molecule has 2 aliphatic rings. The van der Waals surface area contributed by atoms with Crippen LogP contribution in [-0.4, -0.2) is 23.6 Å². The van der Waals surface area contributed by atoms with Crippen molar-refractivity contribution in [1.82, 2.24) is 10.2 Å². The molecule has 134 valence electrons. The van der Waals surface area contributed by atoms with Crippen LogP contribution >= 0.6 is 15.9 Å². The van der Waals surface area contributed by atoms with Crippen molar-refractivity contribution in [2.24, 2.45) is 0 Å². The molecule has 2 aromatic rings. The van der Waals surface area contributed by atoms with E-state index in [1.807, 2.05) is 37.3 Å². The number of imide groups is 1. The van der Waals surface area contributed by atoms with Crippen LogP contribution in [0.15, 0.2) is 46.9 Å². The smallest absolute Gasteiger partial charge is 0.325 e. The Morgan fingerprint density at radius 2 is 1.85 bits per heavy atom. The first-order valence-electron chi connectivity index (χ1n) is 8.33. The quantitative estimate of drug-likeness (QED) is 0.773. The first-order valence-corrected chi connectivity index (χ1v) is 9.12. The number of halogens is 1. The van der Waals surface area contributed by atoms with Crippen molar-refractivity contribution in [2.75, 3.05) is 6.79 Å². The van der Waals surface area contributed by atoms with Crippen molar-refractivity contribution < 1.29 is 19.1 Å². The maximum Gasteiger partial charge on any atom is 0.325 e. The van der Waals surface area contributed by atoms with Crippen LogP contribution in [0, 0.1) is 0 Å². The summed E-state index contributed by atoms with van der Waals surface area (Å²) in [5, 5.41) is 2.89. The molecule has 1 saturated heterocycles. The van der Waals surface area contributed by atoms with Crippen LogP contribution in [0.2, 0.25) is 0 Å². The third-order valence-electron chi connectivity index (χ3n) is 4.84. The van der Waals surface area contributed by atoms with Crippen molar-refractivity contribution in [2.45, 2.75) is 25.4 Å². The van der Waals surface area contributed by atoms with E-state index in [1.54, 1.807) is 12.1 Å². The summed E-state index contributed by atoms with van der Waals surface area (Å²) in [5.74, 6) is 1.01. The molecule has 0 aliphatic carbocycles. The lowest BCUT2D eigenvalue weighted by molar-refractivity contribution is -0.132. The molecule has 0 spiro atoms. The highest BCUT2D eigenvalue weighted by Gasteiger charge is 2.51. The molecule has 0 radical (unpaired) electrons. The fourth-order valence-electron chi connectivity index (χ4n) is 3.38. The molecule has 0 aromatic heterocycles. The van der Waals surface area contributed by atoms with Gasteiger partial charge in [-0.25, -0.2) is 4.79 Å². The number of fused-ring (bicyclic) bond motifs is 1. The number of carbonyl (C=O) groups is 2. The van der Waals surface area contributed by atoms with Gasteiger partial charge in [0.05, 0.1) is 6.54 Å². The Bertz CT molecular complexity index is 887. The molecular weight excluding hydrogens is 400 g/mol. The van der Waals surface area contributed by atoms with Gasteiger partial charge in [0.1, 0.15) is 5.54 Å². The van der Waals surface area contributed by atoms with Crippen LogP contribution in [0.4, 0.5) is 4.79 Å². The van der Waals surface area contributed by atoms with E-state index in [0.29, 0.717) is 17.9 Å². The number of amides is 3. The highest BCUT2D eigenvalue weighted by Crippen LogP contribution is 2.39. The molecule has 6 nitrogen and oxygen atoms in total. The molecule has 3 amide bonds. The number of carbonyl (C=O) groups excluding carboxylic acids is 2. The van der Waals surface area contributed by atoms with Gasteiger partial charge < -0.3 is 14.8 Å². The van der Waals surface area contributed by atoms with E-state index in [9.17, 15) is 9.59 Å². The Labute approximate surface area is 159 Å². The first kappa shape index (κ1) is 16.9. The minimum atomic E-state index is -1.03. The normalized spacial score (nSPS) is 21.2. The van der Waals surface area contributed by atoms with E-state index in [4.69, 9.17) is 9.47 Å². The SMILES string of the molecule is CC[C@]1(c2ccccc2)NC(=O)N(Cc2cc3c(cc2Br)OCO3)C1=O. The summed E-state index contributed by atoms with van der Waals surface area (Å²) in [7, 11) is 0. The van der Waals surface area contributed by atoms with E-state index < -0.39 is 11.6 Å². The van der Waals surface area contributed by atoms with E-state index in [2.05, 4.69) is 21.2 Å². The van der Waals surface area contributed by atoms with Gasteiger partial charge in [-0.1, -0.05) is 53.2 Å². The van der Waals surface area contributed by atoms with Gasteiger partial charge in [0.25, 0.3) is 5.91 Å². The number of hydrogen-bond acceptors (Lipinski definition) is 4. The van der Waals surface area contributed by atoms with Gasteiger partial charge in [-0.3, -0.25) is 9.69 Å². The summed E-state index contributed by atoms with van der Waals surface area (Å²) in [6, 6.07) is 12.5. The molecule has 1 atom stereocenters. The molecule has 2 aliphatic heterocycles. The molecule has 1 N–H and O–H groups in total. The van der Waals surface area contributed by atoms with Gasteiger partial charge in [0.2, 0.25) is 6.79 Å². The van der Waals surface area contributed by atoms with Gasteiger partial charge in [-0.15, -0.1) is 0 Å². The number of benzene rings is 2. The summed E-state index contributed by atoms with van der Waals surface area (Å²) < 4.78 is 11.5. The minimum Gasteiger partial charge on any atom is -0.454 e. The Balaban J connectivity index is 1.66. The molecule has 2 heterocycles. The molecule has 26 heavy (non-hydrogen) atoms. The molecule has 0 unspecified atom stereocenters. The standard InChI is InChI=1S/C19H17BrN2O4/c1-2-19(13-6-4-3-5-7-13)17(23)22(18(24)21-19)10-12-8-15-16(9-14(12)20)26-11-25-15/h3-9H,2,10-11H2,1H3,(H,21,24)/t19-/m1/s1. The zero-order valence-electron chi connectivity index (χ0n) is 14.1. The van der Waals surface area contributed by atoms with Crippen LogP contribution in [0.25, 0.3) is 0 Å². The number of nitrogens with one attached hydrogen (secondary N) is 1. The minimum absolute atomic E-state index is 0.149. The summed E-state index contributed by atoms with van der Waals surface area (Å²) in [6.07, 6.45) is 0.473. The molecule has 0 bridgehead atoms. The third-order valence-corrected chi connectivity index (χ3v) is 5.58. The maximum atomic E-state index is 13.2. The fourth-order valence-corrected chi connectivity index (χ4v) is 3.83. The highest BCUT2D eigenvalue weighted by atomic mass is 79.9. The average Bonchev–Trinajstić information content (AvgIpc) is 3.20. The van der Waals surface area contributed by atoms with Crippen LogP contribution < -0.4 is 14.8 Å². The van der Waals surface area contributed by atoms with Gasteiger partial charge in [0, 0.05) is 4.47 Å². The number of urea groups is 1. The van der Waals surface area contributed by atoms with E-state index in [0.717, 1.165) is 15.6 Å². The second kappa shape index (κ2) is 6.32. The summed E-state index contributed by atoms with van der Waals surface area (Å²) in [6.45, 7) is 2.21. The Morgan fingerprint density at radius 1 is 1.15 bits per heavy atom. The summed E-state index contributed by atoms with van der Waals surface area (Å²) in [4.78, 5) is 27.0. The van der Waals surface area contributed by atoms with Crippen LogP contribution in [0.1, 0.15) is 24.5 Å². The Morgan fingerprint density at radius 3 is 2.54 bits per heavy atom. The monoisotopic (exact) mass is 416 g/mol.